The maximum Gasteiger partial charge on any atom is 0.326 e. The van der Waals surface area contributed by atoms with Crippen molar-refractivity contribution < 1.29 is 13.9 Å². The van der Waals surface area contributed by atoms with E-state index in [1.807, 2.05) is 13.8 Å². The third kappa shape index (κ3) is 3.49. The summed E-state index contributed by atoms with van der Waals surface area (Å²) >= 11 is 1.42. The van der Waals surface area contributed by atoms with Crippen molar-refractivity contribution in [3.8, 4) is 0 Å². The molecule has 18 heavy (non-hydrogen) atoms. The molecule has 1 aliphatic carbocycles. The molecule has 1 N–H and O–H groups in total. The first-order valence-electron chi connectivity index (χ1n) is 6.11. The lowest BCUT2D eigenvalue weighted by Gasteiger charge is -2.27. The van der Waals surface area contributed by atoms with Crippen LogP contribution in [0.4, 0.5) is 0 Å². The fourth-order valence-corrected chi connectivity index (χ4v) is 2.49. The van der Waals surface area contributed by atoms with Crippen molar-refractivity contribution in [1.82, 2.24) is 10.3 Å². The van der Waals surface area contributed by atoms with E-state index >= 15 is 0 Å². The van der Waals surface area contributed by atoms with Crippen LogP contribution < -0.4 is 5.32 Å². The Hall–Kier alpha value is -1.01. The van der Waals surface area contributed by atoms with E-state index in [1.54, 1.807) is 6.20 Å². The minimum Gasteiger partial charge on any atom is -0.465 e. The van der Waals surface area contributed by atoms with Gasteiger partial charge in [-0.3, -0.25) is 10.1 Å². The van der Waals surface area contributed by atoms with E-state index < -0.39 is 5.54 Å². The van der Waals surface area contributed by atoms with Gasteiger partial charge in [-0.2, -0.15) is 0 Å². The van der Waals surface area contributed by atoms with Crippen molar-refractivity contribution in [2.75, 3.05) is 12.4 Å². The molecule has 0 bridgehead atoms. The number of esters is 1. The van der Waals surface area contributed by atoms with E-state index in [-0.39, 0.29) is 5.97 Å². The molecule has 6 heteroatoms. The van der Waals surface area contributed by atoms with Crippen molar-refractivity contribution in [3.05, 3.63) is 12.5 Å². The molecule has 5 nitrogen and oxygen atoms in total. The molecule has 0 saturated heterocycles. The molecule has 0 aromatic carbocycles. The number of hydrogen-bond donors (Lipinski definition) is 1. The smallest absolute Gasteiger partial charge is 0.326 e. The van der Waals surface area contributed by atoms with E-state index in [1.165, 1.54) is 18.0 Å². The van der Waals surface area contributed by atoms with Crippen molar-refractivity contribution >= 4 is 17.7 Å². The second-order valence-electron chi connectivity index (χ2n) is 4.56. The molecule has 0 radical (unpaired) electrons. The number of thioether (sulfide) groups is 1. The quantitative estimate of drug-likeness (QED) is 0.602. The SMILES string of the molecule is CCOC(=O)C(C)(CSc1ncco1)NC1CC1. The number of aromatic nitrogens is 1. The summed E-state index contributed by atoms with van der Waals surface area (Å²) in [6.07, 6.45) is 5.37. The maximum atomic E-state index is 12.0. The minimum absolute atomic E-state index is 0.212. The fraction of sp³-hybridized carbons (Fsp3) is 0.667. The minimum atomic E-state index is -0.684. The number of carbonyl (C=O) groups excluding carboxylic acids is 1. The normalized spacial score (nSPS) is 18.3. The highest BCUT2D eigenvalue weighted by atomic mass is 32.2. The molecule has 0 amide bonds. The van der Waals surface area contributed by atoms with Crippen molar-refractivity contribution in [2.45, 2.75) is 43.5 Å². The van der Waals surface area contributed by atoms with Crippen LogP contribution in [0.15, 0.2) is 22.1 Å². The molecule has 0 aliphatic heterocycles. The first-order chi connectivity index (χ1) is 8.64. The van der Waals surface area contributed by atoms with Crippen LogP contribution in [-0.2, 0) is 9.53 Å². The Labute approximate surface area is 111 Å². The monoisotopic (exact) mass is 270 g/mol. The van der Waals surface area contributed by atoms with Gasteiger partial charge in [0, 0.05) is 11.8 Å². The van der Waals surface area contributed by atoms with Gasteiger partial charge in [-0.05, 0) is 26.7 Å². The molecule has 1 saturated carbocycles. The number of nitrogens with zero attached hydrogens (tertiary/aromatic N) is 1. The van der Waals surface area contributed by atoms with E-state index in [0.29, 0.717) is 23.6 Å². The lowest BCUT2D eigenvalue weighted by Crippen LogP contribution is -2.53. The predicted octanol–water partition coefficient (Wildman–Crippen LogP) is 1.84. The first kappa shape index (κ1) is 13.4. The summed E-state index contributed by atoms with van der Waals surface area (Å²) in [5.74, 6) is 0.332. The number of nitrogens with one attached hydrogen (secondary N) is 1. The average Bonchev–Trinajstić information content (AvgIpc) is 2.99. The van der Waals surface area contributed by atoms with Crippen molar-refractivity contribution in [1.29, 1.82) is 0 Å². The van der Waals surface area contributed by atoms with Crippen LogP contribution in [-0.4, -0.2) is 34.9 Å². The Morgan fingerprint density at radius 2 is 2.50 bits per heavy atom. The third-order valence-electron chi connectivity index (χ3n) is 2.72. The van der Waals surface area contributed by atoms with Crippen LogP contribution in [0.5, 0.6) is 0 Å². The molecule has 1 aliphatic rings. The molecule has 0 spiro atoms. The van der Waals surface area contributed by atoms with Gasteiger partial charge in [0.05, 0.1) is 12.8 Å². The zero-order valence-electron chi connectivity index (χ0n) is 10.6. The highest BCUT2D eigenvalue weighted by molar-refractivity contribution is 7.99. The summed E-state index contributed by atoms with van der Waals surface area (Å²) in [7, 11) is 0. The van der Waals surface area contributed by atoms with Gasteiger partial charge in [0.25, 0.3) is 5.22 Å². The molecule has 1 fully saturated rings. The summed E-state index contributed by atoms with van der Waals surface area (Å²) in [5.41, 5.74) is -0.684. The van der Waals surface area contributed by atoms with Crippen LogP contribution in [0.2, 0.25) is 0 Å². The maximum absolute atomic E-state index is 12.0. The van der Waals surface area contributed by atoms with Gasteiger partial charge in [0.15, 0.2) is 0 Å². The van der Waals surface area contributed by atoms with Crippen LogP contribution >= 0.6 is 11.8 Å². The highest BCUT2D eigenvalue weighted by Crippen LogP contribution is 2.27. The molecule has 1 aromatic rings. The van der Waals surface area contributed by atoms with E-state index in [0.717, 1.165) is 12.8 Å². The number of ether oxygens (including phenoxy) is 1. The summed E-state index contributed by atoms with van der Waals surface area (Å²) in [5, 5.41) is 3.92. The first-order valence-corrected chi connectivity index (χ1v) is 7.10. The Bertz CT molecular complexity index is 392. The number of oxazole rings is 1. The lowest BCUT2D eigenvalue weighted by atomic mass is 10.1. The largest absolute Gasteiger partial charge is 0.465 e. The van der Waals surface area contributed by atoms with Crippen molar-refractivity contribution in [2.24, 2.45) is 0 Å². The topological polar surface area (TPSA) is 64.4 Å². The van der Waals surface area contributed by atoms with E-state index in [2.05, 4.69) is 10.3 Å². The van der Waals surface area contributed by atoms with Gasteiger partial charge >= 0.3 is 5.97 Å². The molecule has 1 unspecified atom stereocenters. The summed E-state index contributed by atoms with van der Waals surface area (Å²) in [6, 6.07) is 0.435. The molecule has 100 valence electrons. The summed E-state index contributed by atoms with van der Waals surface area (Å²) < 4.78 is 10.3. The number of hydrogen-bond acceptors (Lipinski definition) is 6. The second-order valence-corrected chi connectivity index (χ2v) is 5.48. The Kier molecular flexibility index (Phi) is 4.29. The average molecular weight is 270 g/mol. The Balaban J connectivity index is 1.96. The Morgan fingerprint density at radius 1 is 1.72 bits per heavy atom. The number of carbonyl (C=O) groups is 1. The van der Waals surface area contributed by atoms with Gasteiger partial charge < -0.3 is 9.15 Å². The van der Waals surface area contributed by atoms with Gasteiger partial charge in [-0.25, -0.2) is 4.98 Å². The van der Waals surface area contributed by atoms with E-state index in [4.69, 9.17) is 9.15 Å². The van der Waals surface area contributed by atoms with Crippen molar-refractivity contribution in [3.63, 3.8) is 0 Å². The van der Waals surface area contributed by atoms with Crippen LogP contribution in [0, 0.1) is 0 Å². The lowest BCUT2D eigenvalue weighted by molar-refractivity contribution is -0.149. The van der Waals surface area contributed by atoms with Gasteiger partial charge in [-0.15, -0.1) is 0 Å². The predicted molar refractivity (Wildman–Crippen MR) is 68.4 cm³/mol. The van der Waals surface area contributed by atoms with Gasteiger partial charge in [-0.1, -0.05) is 11.8 Å². The van der Waals surface area contributed by atoms with Crippen LogP contribution in [0.3, 0.4) is 0 Å². The zero-order valence-corrected chi connectivity index (χ0v) is 11.5. The zero-order chi connectivity index (χ0) is 13.0. The molecular formula is C12H18N2O3S. The Morgan fingerprint density at radius 3 is 3.06 bits per heavy atom. The number of rotatable bonds is 7. The highest BCUT2D eigenvalue weighted by Gasteiger charge is 2.40. The molecule has 1 heterocycles. The molecule has 1 atom stereocenters. The van der Waals surface area contributed by atoms with E-state index in [9.17, 15) is 4.79 Å². The third-order valence-corrected chi connectivity index (χ3v) is 3.89. The standard InChI is InChI=1S/C12H18N2O3S/c1-3-16-10(15)12(2,14-9-4-5-9)8-18-11-13-6-7-17-11/h6-7,9,14H,3-5,8H2,1-2H3. The van der Waals surface area contributed by atoms with Crippen LogP contribution in [0.25, 0.3) is 0 Å². The van der Waals surface area contributed by atoms with Gasteiger partial charge in [0.1, 0.15) is 11.8 Å². The summed E-state index contributed by atoms with van der Waals surface area (Å²) in [4.78, 5) is 16.1. The molecule has 1 aromatic heterocycles. The molecule has 2 rings (SSSR count). The molecular weight excluding hydrogens is 252 g/mol. The van der Waals surface area contributed by atoms with Crippen LogP contribution in [0.1, 0.15) is 26.7 Å². The second kappa shape index (κ2) is 5.75. The fourth-order valence-electron chi connectivity index (χ4n) is 1.62. The summed E-state index contributed by atoms with van der Waals surface area (Å²) in [6.45, 7) is 4.08. The van der Waals surface area contributed by atoms with Gasteiger partial charge in [0.2, 0.25) is 0 Å².